The molecule has 10 heteroatoms. The van der Waals surface area contributed by atoms with Gasteiger partial charge in [0.15, 0.2) is 0 Å². The quantitative estimate of drug-likeness (QED) is 0.115. The summed E-state index contributed by atoms with van der Waals surface area (Å²) in [6.45, 7) is -0.246. The number of hydrazine groups is 1. The fourth-order valence-corrected chi connectivity index (χ4v) is 0.504. The number of aliphatic imine (C=N–C) groups is 1. The minimum absolute atomic E-state index is 0.246. The molecule has 0 rings (SSSR count). The normalized spacial score (nSPS) is 9.17. The largest absolute Gasteiger partial charge is 0.481 e. The number of hydrogen-bond donors (Lipinski definition) is 5. The predicted molar refractivity (Wildman–Crippen MR) is 57.8 cm³/mol. The van der Waals surface area contributed by atoms with E-state index in [9.17, 15) is 19.2 Å². The van der Waals surface area contributed by atoms with E-state index in [2.05, 4.69) is 10.4 Å². The van der Waals surface area contributed by atoms with Crippen molar-refractivity contribution in [2.45, 2.75) is 12.8 Å². The zero-order valence-electron chi connectivity index (χ0n) is 9.20. The molecular formula is C8H13N3O7. The number of nitrogens with zero attached hydrogens (tertiary/aromatic N) is 1. The van der Waals surface area contributed by atoms with Crippen molar-refractivity contribution in [2.24, 2.45) is 10.8 Å². The molecule has 0 aromatic carbocycles. The van der Waals surface area contributed by atoms with Gasteiger partial charge in [0.2, 0.25) is 5.78 Å². The SMILES string of the molecule is NNC=NCC(=O)O.O=C(O)CCC(=O)C(=O)O. The van der Waals surface area contributed by atoms with Gasteiger partial charge < -0.3 is 20.7 Å². The maximum Gasteiger partial charge on any atom is 0.372 e. The van der Waals surface area contributed by atoms with Gasteiger partial charge in [0.1, 0.15) is 6.54 Å². The highest BCUT2D eigenvalue weighted by molar-refractivity contribution is 6.32. The molecule has 0 aromatic rings. The van der Waals surface area contributed by atoms with Crippen LogP contribution in [0.5, 0.6) is 0 Å². The number of carboxylic acids is 3. The molecule has 0 bridgehead atoms. The Hall–Kier alpha value is -2.49. The van der Waals surface area contributed by atoms with Crippen LogP contribution in [0.2, 0.25) is 0 Å². The van der Waals surface area contributed by atoms with E-state index in [4.69, 9.17) is 21.2 Å². The Kier molecular flexibility index (Phi) is 10.9. The molecule has 0 aromatic heterocycles. The van der Waals surface area contributed by atoms with Crippen LogP contribution >= 0.6 is 0 Å². The molecule has 0 saturated carbocycles. The van der Waals surface area contributed by atoms with E-state index in [1.807, 2.05) is 0 Å². The predicted octanol–water partition coefficient (Wildman–Crippen LogP) is -1.93. The van der Waals surface area contributed by atoms with Crippen molar-refractivity contribution in [3.05, 3.63) is 0 Å². The molecule has 0 aliphatic carbocycles. The molecule has 18 heavy (non-hydrogen) atoms. The standard InChI is InChI=1S/C5H6O5.C3H7N3O2/c6-3(5(9)10)1-2-4(7)8;4-6-2-5-1-3(7)8/h1-2H2,(H,7,8)(H,9,10);2H,1,4H2,(H,5,6)(H,7,8). The highest BCUT2D eigenvalue weighted by Crippen LogP contribution is 1.89. The Morgan fingerprint density at radius 3 is 1.94 bits per heavy atom. The molecule has 6 N–H and O–H groups in total. The summed E-state index contributed by atoms with van der Waals surface area (Å²) in [6.07, 6.45) is 0.254. The Balaban J connectivity index is 0. The topological polar surface area (TPSA) is 179 Å². The third kappa shape index (κ3) is 16.0. The summed E-state index contributed by atoms with van der Waals surface area (Å²) < 4.78 is 0. The monoisotopic (exact) mass is 263 g/mol. The third-order valence-electron chi connectivity index (χ3n) is 1.20. The summed E-state index contributed by atoms with van der Waals surface area (Å²) >= 11 is 0. The van der Waals surface area contributed by atoms with Gasteiger partial charge in [-0.15, -0.1) is 0 Å². The number of carboxylic acid groups (broad SMARTS) is 3. The second-order valence-corrected chi connectivity index (χ2v) is 2.65. The van der Waals surface area contributed by atoms with Crippen molar-refractivity contribution < 1.29 is 34.5 Å². The first-order valence-electron chi connectivity index (χ1n) is 4.45. The number of nitrogens with two attached hydrogens (primary N) is 1. The number of nitrogens with one attached hydrogen (secondary N) is 1. The lowest BCUT2D eigenvalue weighted by molar-refractivity contribution is -0.149. The van der Waals surface area contributed by atoms with Crippen LogP contribution in [-0.2, 0) is 19.2 Å². The number of carbonyl (C=O) groups is 4. The first-order chi connectivity index (χ1) is 8.31. The van der Waals surface area contributed by atoms with Crippen molar-refractivity contribution in [3.63, 3.8) is 0 Å². The lowest BCUT2D eigenvalue weighted by Gasteiger charge is -1.88. The number of ketones is 1. The second kappa shape index (κ2) is 11.0. The average molecular weight is 263 g/mol. The number of Topliss-reactive ketones (excluding diaryl/α,β-unsaturated/α-hetero) is 1. The zero-order valence-corrected chi connectivity index (χ0v) is 9.20. The van der Waals surface area contributed by atoms with E-state index in [1.54, 1.807) is 0 Å². The van der Waals surface area contributed by atoms with E-state index < -0.39 is 36.5 Å². The van der Waals surface area contributed by atoms with Gasteiger partial charge in [-0.3, -0.25) is 19.4 Å². The third-order valence-corrected chi connectivity index (χ3v) is 1.20. The first kappa shape index (κ1) is 17.9. The van der Waals surface area contributed by atoms with Gasteiger partial charge in [-0.1, -0.05) is 0 Å². The van der Waals surface area contributed by atoms with Crippen LogP contribution in [0.15, 0.2) is 4.99 Å². The molecule has 0 fully saturated rings. The van der Waals surface area contributed by atoms with Gasteiger partial charge in [-0.2, -0.15) is 0 Å². The van der Waals surface area contributed by atoms with Crippen LogP contribution in [0.1, 0.15) is 12.8 Å². The minimum Gasteiger partial charge on any atom is -0.481 e. The second-order valence-electron chi connectivity index (χ2n) is 2.65. The summed E-state index contributed by atoms with van der Waals surface area (Å²) in [4.78, 5) is 42.8. The van der Waals surface area contributed by atoms with E-state index in [0.717, 1.165) is 6.34 Å². The van der Waals surface area contributed by atoms with Crippen LogP contribution in [0, 0.1) is 0 Å². The summed E-state index contributed by atoms with van der Waals surface area (Å²) in [5, 5.41) is 23.9. The van der Waals surface area contributed by atoms with Gasteiger partial charge in [-0.05, 0) is 0 Å². The Bertz CT molecular complexity index is 340. The van der Waals surface area contributed by atoms with Gasteiger partial charge in [0.05, 0.1) is 12.8 Å². The maximum absolute atomic E-state index is 10.2. The Morgan fingerprint density at radius 2 is 1.61 bits per heavy atom. The molecular weight excluding hydrogens is 250 g/mol. The van der Waals surface area contributed by atoms with Crippen LogP contribution in [0.3, 0.4) is 0 Å². The summed E-state index contributed by atoms with van der Waals surface area (Å²) in [5.74, 6) is -0.0740. The first-order valence-corrected chi connectivity index (χ1v) is 4.45. The van der Waals surface area contributed by atoms with E-state index in [0.29, 0.717) is 0 Å². The molecule has 0 unspecified atom stereocenters. The van der Waals surface area contributed by atoms with Crippen molar-refractivity contribution in [3.8, 4) is 0 Å². The summed E-state index contributed by atoms with van der Waals surface area (Å²) in [6, 6.07) is 0. The number of aliphatic carboxylic acids is 3. The lowest BCUT2D eigenvalue weighted by atomic mass is 10.2. The van der Waals surface area contributed by atoms with E-state index in [1.165, 1.54) is 0 Å². The fourth-order valence-electron chi connectivity index (χ4n) is 0.504. The zero-order chi connectivity index (χ0) is 14.6. The smallest absolute Gasteiger partial charge is 0.372 e. The number of rotatable bonds is 7. The Labute approximate surface area is 101 Å². The molecule has 102 valence electrons. The van der Waals surface area contributed by atoms with Crippen molar-refractivity contribution in [1.29, 1.82) is 0 Å². The number of hydrogen-bond acceptors (Lipinski definition) is 6. The van der Waals surface area contributed by atoms with E-state index in [-0.39, 0.29) is 6.54 Å². The number of carbonyl (C=O) groups excluding carboxylic acids is 1. The van der Waals surface area contributed by atoms with Crippen molar-refractivity contribution in [2.75, 3.05) is 6.54 Å². The Morgan fingerprint density at radius 1 is 1.06 bits per heavy atom. The highest BCUT2D eigenvalue weighted by atomic mass is 16.4. The molecule has 0 aliphatic rings. The molecule has 0 amide bonds. The summed E-state index contributed by atoms with van der Waals surface area (Å²) in [5.41, 5.74) is 2.07. The molecule has 0 radical (unpaired) electrons. The molecule has 10 nitrogen and oxygen atoms in total. The lowest BCUT2D eigenvalue weighted by Crippen LogP contribution is -2.19. The molecule has 0 spiro atoms. The van der Waals surface area contributed by atoms with Gasteiger partial charge in [-0.25, -0.2) is 10.6 Å². The van der Waals surface area contributed by atoms with E-state index >= 15 is 0 Å². The highest BCUT2D eigenvalue weighted by Gasteiger charge is 2.12. The van der Waals surface area contributed by atoms with Crippen molar-refractivity contribution in [1.82, 2.24) is 5.43 Å². The fraction of sp³-hybridized carbons (Fsp3) is 0.375. The van der Waals surface area contributed by atoms with Crippen LogP contribution in [-0.4, -0.2) is 51.9 Å². The molecule has 0 heterocycles. The van der Waals surface area contributed by atoms with Gasteiger partial charge >= 0.3 is 17.9 Å². The van der Waals surface area contributed by atoms with Crippen LogP contribution < -0.4 is 11.3 Å². The van der Waals surface area contributed by atoms with Gasteiger partial charge in [0.25, 0.3) is 0 Å². The molecule has 0 aliphatic heterocycles. The minimum atomic E-state index is -1.58. The van der Waals surface area contributed by atoms with Crippen LogP contribution in [0.25, 0.3) is 0 Å². The molecule has 0 saturated heterocycles. The summed E-state index contributed by atoms with van der Waals surface area (Å²) in [7, 11) is 0. The van der Waals surface area contributed by atoms with Crippen LogP contribution in [0.4, 0.5) is 0 Å². The average Bonchev–Trinajstić information content (AvgIpc) is 2.26. The molecule has 0 atom stereocenters. The van der Waals surface area contributed by atoms with Gasteiger partial charge in [0, 0.05) is 6.42 Å². The van der Waals surface area contributed by atoms with Crippen molar-refractivity contribution >= 4 is 30.0 Å². The maximum atomic E-state index is 10.2.